The lowest BCUT2D eigenvalue weighted by Gasteiger charge is -2.07. The zero-order chi connectivity index (χ0) is 15.7. The predicted octanol–water partition coefficient (Wildman–Crippen LogP) is 0.999. The Labute approximate surface area is 127 Å². The fraction of sp³-hybridized carbons (Fsp3) is 0.286. The van der Waals surface area contributed by atoms with Crippen LogP contribution in [0.4, 0.5) is 5.69 Å². The average Bonchev–Trinajstić information content (AvgIpc) is 3.02. The normalized spacial score (nSPS) is 14.0. The second-order valence-electron chi connectivity index (χ2n) is 5.05. The molecule has 116 valence electrons. The SMILES string of the molecule is Cc1nc(CCNS(=O)(=O)c2ccc3c(c2)CC(=O)N3)co1. The van der Waals surface area contributed by atoms with Crippen LogP contribution >= 0.6 is 0 Å². The molecule has 2 N–H and O–H groups in total. The van der Waals surface area contributed by atoms with E-state index < -0.39 is 10.0 Å². The molecular weight excluding hydrogens is 306 g/mol. The molecule has 0 aliphatic carbocycles. The molecule has 2 aromatic rings. The maximum absolute atomic E-state index is 12.2. The summed E-state index contributed by atoms with van der Waals surface area (Å²) in [5.41, 5.74) is 2.06. The number of oxazole rings is 1. The van der Waals surface area contributed by atoms with E-state index in [4.69, 9.17) is 4.42 Å². The fourth-order valence-electron chi connectivity index (χ4n) is 2.29. The second kappa shape index (κ2) is 5.54. The van der Waals surface area contributed by atoms with E-state index in [0.29, 0.717) is 29.3 Å². The van der Waals surface area contributed by atoms with Gasteiger partial charge < -0.3 is 9.73 Å². The van der Waals surface area contributed by atoms with E-state index in [0.717, 1.165) is 0 Å². The molecule has 22 heavy (non-hydrogen) atoms. The molecule has 0 fully saturated rings. The molecule has 0 atom stereocenters. The first kappa shape index (κ1) is 14.7. The van der Waals surface area contributed by atoms with E-state index in [1.807, 2.05) is 0 Å². The first-order chi connectivity index (χ1) is 10.4. The van der Waals surface area contributed by atoms with Gasteiger partial charge in [0, 0.05) is 25.6 Å². The van der Waals surface area contributed by atoms with Crippen molar-refractivity contribution in [1.29, 1.82) is 0 Å². The molecular formula is C14H15N3O4S. The summed E-state index contributed by atoms with van der Waals surface area (Å²) in [6.07, 6.45) is 2.16. The number of hydrogen-bond donors (Lipinski definition) is 2. The molecule has 2 heterocycles. The number of rotatable bonds is 5. The third-order valence-electron chi connectivity index (χ3n) is 3.35. The van der Waals surface area contributed by atoms with Gasteiger partial charge in [0.15, 0.2) is 5.89 Å². The number of benzene rings is 1. The Kier molecular flexibility index (Phi) is 3.71. The van der Waals surface area contributed by atoms with Crippen LogP contribution in [0.5, 0.6) is 0 Å². The van der Waals surface area contributed by atoms with Crippen molar-refractivity contribution < 1.29 is 17.6 Å². The minimum absolute atomic E-state index is 0.126. The number of anilines is 1. The molecule has 1 aromatic heterocycles. The van der Waals surface area contributed by atoms with Crippen molar-refractivity contribution in [3.8, 4) is 0 Å². The monoisotopic (exact) mass is 321 g/mol. The largest absolute Gasteiger partial charge is 0.449 e. The van der Waals surface area contributed by atoms with E-state index in [2.05, 4.69) is 15.0 Å². The highest BCUT2D eigenvalue weighted by molar-refractivity contribution is 7.89. The molecule has 7 nitrogen and oxygen atoms in total. The lowest BCUT2D eigenvalue weighted by atomic mass is 10.2. The Morgan fingerprint density at radius 2 is 2.23 bits per heavy atom. The molecule has 3 rings (SSSR count). The van der Waals surface area contributed by atoms with Gasteiger partial charge in [-0.2, -0.15) is 0 Å². The smallest absolute Gasteiger partial charge is 0.240 e. The molecule has 1 aliphatic heterocycles. The van der Waals surface area contributed by atoms with Crippen LogP contribution in [0.25, 0.3) is 0 Å². The van der Waals surface area contributed by atoms with Crippen LogP contribution in [0, 0.1) is 6.92 Å². The van der Waals surface area contributed by atoms with Gasteiger partial charge >= 0.3 is 0 Å². The average molecular weight is 321 g/mol. The third kappa shape index (κ3) is 3.02. The number of nitrogens with zero attached hydrogens (tertiary/aromatic N) is 1. The standard InChI is InChI=1S/C14H15N3O4S/c1-9-16-11(8-21-9)4-5-15-22(19,20)12-2-3-13-10(6-12)7-14(18)17-13/h2-3,6,8,15H,4-5,7H2,1H3,(H,17,18). The van der Waals surface area contributed by atoms with Gasteiger partial charge in [-0.25, -0.2) is 18.1 Å². The van der Waals surface area contributed by atoms with Crippen molar-refractivity contribution in [1.82, 2.24) is 9.71 Å². The lowest BCUT2D eigenvalue weighted by Crippen LogP contribution is -2.26. The van der Waals surface area contributed by atoms with Gasteiger partial charge in [-0.05, 0) is 23.8 Å². The van der Waals surface area contributed by atoms with Crippen molar-refractivity contribution in [2.24, 2.45) is 0 Å². The van der Waals surface area contributed by atoms with Crippen LogP contribution < -0.4 is 10.0 Å². The second-order valence-corrected chi connectivity index (χ2v) is 6.82. The van der Waals surface area contributed by atoms with Crippen molar-refractivity contribution in [3.05, 3.63) is 41.6 Å². The zero-order valence-corrected chi connectivity index (χ0v) is 12.7. The van der Waals surface area contributed by atoms with Crippen LogP contribution in [0.2, 0.25) is 0 Å². The predicted molar refractivity (Wildman–Crippen MR) is 78.9 cm³/mol. The lowest BCUT2D eigenvalue weighted by molar-refractivity contribution is -0.115. The maximum Gasteiger partial charge on any atom is 0.240 e. The van der Waals surface area contributed by atoms with E-state index in [1.165, 1.54) is 18.4 Å². The Morgan fingerprint density at radius 3 is 2.95 bits per heavy atom. The highest BCUT2D eigenvalue weighted by atomic mass is 32.2. The quantitative estimate of drug-likeness (QED) is 0.855. The molecule has 0 spiro atoms. The van der Waals surface area contributed by atoms with Gasteiger partial charge in [-0.3, -0.25) is 4.79 Å². The first-order valence-electron chi connectivity index (χ1n) is 6.77. The van der Waals surface area contributed by atoms with Crippen LogP contribution in [-0.4, -0.2) is 25.9 Å². The molecule has 0 unspecified atom stereocenters. The zero-order valence-electron chi connectivity index (χ0n) is 11.9. The summed E-state index contributed by atoms with van der Waals surface area (Å²) in [5.74, 6) is 0.424. The summed E-state index contributed by atoms with van der Waals surface area (Å²) in [6, 6.07) is 4.61. The van der Waals surface area contributed by atoms with E-state index >= 15 is 0 Å². The molecule has 8 heteroatoms. The summed E-state index contributed by atoms with van der Waals surface area (Å²) in [5, 5.41) is 2.67. The highest BCUT2D eigenvalue weighted by Gasteiger charge is 2.21. The van der Waals surface area contributed by atoms with E-state index in [9.17, 15) is 13.2 Å². The number of aryl methyl sites for hydroxylation is 1. The maximum atomic E-state index is 12.2. The summed E-state index contributed by atoms with van der Waals surface area (Å²) in [6.45, 7) is 1.95. The van der Waals surface area contributed by atoms with Crippen molar-refractivity contribution in [2.75, 3.05) is 11.9 Å². The minimum Gasteiger partial charge on any atom is -0.449 e. The summed E-state index contributed by atoms with van der Waals surface area (Å²) >= 11 is 0. The number of sulfonamides is 1. The molecule has 1 aliphatic rings. The van der Waals surface area contributed by atoms with Crippen molar-refractivity contribution in [2.45, 2.75) is 24.7 Å². The summed E-state index contributed by atoms with van der Waals surface area (Å²) in [4.78, 5) is 15.6. The number of fused-ring (bicyclic) bond motifs is 1. The van der Waals surface area contributed by atoms with Gasteiger partial charge in [0.1, 0.15) is 6.26 Å². The Balaban J connectivity index is 1.68. The molecule has 1 aromatic carbocycles. The van der Waals surface area contributed by atoms with E-state index in [1.54, 1.807) is 13.0 Å². The van der Waals surface area contributed by atoms with Gasteiger partial charge in [-0.1, -0.05) is 0 Å². The fourth-order valence-corrected chi connectivity index (χ4v) is 3.37. The van der Waals surface area contributed by atoms with Crippen LogP contribution in [0.1, 0.15) is 17.1 Å². The number of carbonyl (C=O) groups is 1. The Morgan fingerprint density at radius 1 is 1.41 bits per heavy atom. The minimum atomic E-state index is -3.61. The van der Waals surface area contributed by atoms with Crippen molar-refractivity contribution in [3.63, 3.8) is 0 Å². The van der Waals surface area contributed by atoms with Crippen LogP contribution in [-0.2, 0) is 27.7 Å². The van der Waals surface area contributed by atoms with Crippen LogP contribution in [0.15, 0.2) is 33.8 Å². The molecule has 0 bridgehead atoms. The first-order valence-corrected chi connectivity index (χ1v) is 8.26. The molecule has 0 radical (unpaired) electrons. The van der Waals surface area contributed by atoms with Gasteiger partial charge in [0.05, 0.1) is 17.0 Å². The molecule has 1 amide bonds. The summed E-state index contributed by atoms with van der Waals surface area (Å²) < 4.78 is 32.1. The number of carbonyl (C=O) groups excluding carboxylic acids is 1. The van der Waals surface area contributed by atoms with Crippen LogP contribution in [0.3, 0.4) is 0 Å². The number of hydrogen-bond acceptors (Lipinski definition) is 5. The van der Waals surface area contributed by atoms with Gasteiger partial charge in [0.2, 0.25) is 15.9 Å². The van der Waals surface area contributed by atoms with Crippen molar-refractivity contribution >= 4 is 21.6 Å². The van der Waals surface area contributed by atoms with E-state index in [-0.39, 0.29) is 23.8 Å². The molecule has 0 saturated carbocycles. The number of aromatic nitrogens is 1. The molecule has 0 saturated heterocycles. The number of amides is 1. The summed E-state index contributed by atoms with van der Waals surface area (Å²) in [7, 11) is -3.61. The third-order valence-corrected chi connectivity index (χ3v) is 4.81. The Bertz CT molecular complexity index is 826. The Hall–Kier alpha value is -2.19. The van der Waals surface area contributed by atoms with Gasteiger partial charge in [-0.15, -0.1) is 0 Å². The van der Waals surface area contributed by atoms with Gasteiger partial charge in [0.25, 0.3) is 0 Å². The highest BCUT2D eigenvalue weighted by Crippen LogP contribution is 2.25. The number of nitrogens with one attached hydrogen (secondary N) is 2. The topological polar surface area (TPSA) is 101 Å².